The van der Waals surface area contributed by atoms with Gasteiger partial charge in [0.1, 0.15) is 22.7 Å². The molecule has 0 bridgehead atoms. The summed E-state index contributed by atoms with van der Waals surface area (Å²) < 4.78 is 31.5. The Morgan fingerprint density at radius 3 is 1.00 bits per heavy atom. The molecule has 4 aliphatic rings. The van der Waals surface area contributed by atoms with Gasteiger partial charge >= 0.3 is 0 Å². The number of methoxy groups -OCH3 is 2. The van der Waals surface area contributed by atoms with E-state index in [4.69, 9.17) is 32.1 Å². The first kappa shape index (κ1) is 87.5. The smallest absolute Gasteiger partial charge is 0.270 e. The molecule has 0 aromatic carbocycles. The van der Waals surface area contributed by atoms with Gasteiger partial charge in [0.05, 0.1) is 78.2 Å². The number of nitriles is 2. The molecule has 0 fully saturated rings. The summed E-state index contributed by atoms with van der Waals surface area (Å²) in [5.41, 5.74) is 4.02. The minimum Gasteiger partial charge on any atom is -0.495 e. The van der Waals surface area contributed by atoms with E-state index in [1.54, 1.807) is 73.8 Å². The number of rotatable bonds is 50. The van der Waals surface area contributed by atoms with Gasteiger partial charge in [-0.3, -0.25) is 19.6 Å². The monoisotopic (exact) mass is 1670 g/mol. The third kappa shape index (κ3) is 20.4. The molecule has 12 rings (SSSR count). The van der Waals surface area contributed by atoms with Crippen molar-refractivity contribution in [2.45, 2.75) is 321 Å². The summed E-state index contributed by atoms with van der Waals surface area (Å²) in [7, 11) is 3.43. The van der Waals surface area contributed by atoms with E-state index in [1.807, 2.05) is 69.6 Å². The summed E-state index contributed by atoms with van der Waals surface area (Å²) in [5.74, 6) is 2.84. The third-order valence-corrected chi connectivity index (χ3v) is 31.7. The van der Waals surface area contributed by atoms with Crippen molar-refractivity contribution < 1.29 is 28.5 Å². The Bertz CT molecular complexity index is 4610. The summed E-state index contributed by atoms with van der Waals surface area (Å²) in [6.07, 6.45) is 63.1. The van der Waals surface area contributed by atoms with Crippen LogP contribution >= 0.6 is 68.0 Å². The molecule has 10 heterocycles. The van der Waals surface area contributed by atoms with Crippen LogP contribution in [0.3, 0.4) is 0 Å². The molecule has 8 aromatic rings. The zero-order valence-electron chi connectivity index (χ0n) is 69.6. The van der Waals surface area contributed by atoms with Crippen molar-refractivity contribution in [3.63, 3.8) is 0 Å². The summed E-state index contributed by atoms with van der Waals surface area (Å²) in [4.78, 5) is 55.0. The Balaban J connectivity index is 0.986. The number of fused-ring (bicyclic) bond motifs is 11. The van der Waals surface area contributed by atoms with E-state index < -0.39 is 11.2 Å². The van der Waals surface area contributed by atoms with Gasteiger partial charge in [-0.2, -0.15) is 0 Å². The van der Waals surface area contributed by atoms with Crippen molar-refractivity contribution in [1.29, 1.82) is 10.5 Å². The maximum atomic E-state index is 14.4. The Morgan fingerprint density at radius 1 is 0.414 bits per heavy atom. The van der Waals surface area contributed by atoms with Crippen molar-refractivity contribution in [3.8, 4) is 74.2 Å². The number of Topliss-reactive ketones (excluding diaryl/α,β-unsaturated/α-hetero) is 2. The van der Waals surface area contributed by atoms with E-state index in [-0.39, 0.29) is 23.0 Å². The van der Waals surface area contributed by atoms with Gasteiger partial charge in [-0.25, -0.2) is 20.2 Å². The Morgan fingerprint density at radius 2 is 0.716 bits per heavy atom. The lowest BCUT2D eigenvalue weighted by Gasteiger charge is -2.39. The van der Waals surface area contributed by atoms with Gasteiger partial charge in [-0.1, -0.05) is 259 Å². The summed E-state index contributed by atoms with van der Waals surface area (Å²) in [6, 6.07) is 16.4. The molecule has 2 aliphatic heterocycles. The van der Waals surface area contributed by atoms with E-state index in [9.17, 15) is 20.1 Å². The van der Waals surface area contributed by atoms with E-state index in [0.717, 1.165) is 137 Å². The van der Waals surface area contributed by atoms with Crippen molar-refractivity contribution >= 4 is 112 Å². The van der Waals surface area contributed by atoms with Crippen molar-refractivity contribution in [2.75, 3.05) is 14.2 Å². The molecule has 0 spiro atoms. The van der Waals surface area contributed by atoms with Gasteiger partial charge in [0.2, 0.25) is 0 Å². The lowest BCUT2D eigenvalue weighted by atomic mass is 9.81. The maximum absolute atomic E-state index is 14.4. The molecule has 0 amide bonds. The van der Waals surface area contributed by atoms with Crippen molar-refractivity contribution in [1.82, 2.24) is 9.97 Å². The van der Waals surface area contributed by atoms with E-state index >= 15 is 0 Å². The molecule has 8 aromatic heterocycles. The fourth-order valence-electron chi connectivity index (χ4n) is 17.8. The molecule has 0 radical (unpaired) electrons. The highest BCUT2D eigenvalue weighted by molar-refractivity contribution is 7.36. The first-order valence-electron chi connectivity index (χ1n) is 44.1. The van der Waals surface area contributed by atoms with Crippen LogP contribution in [0.2, 0.25) is 0 Å². The second kappa shape index (κ2) is 43.8. The largest absolute Gasteiger partial charge is 0.495 e. The number of ketones is 2. The summed E-state index contributed by atoms with van der Waals surface area (Å²) in [5, 5.41) is 20.6. The fourth-order valence-corrected chi connectivity index (χ4v) is 25.5. The van der Waals surface area contributed by atoms with Gasteiger partial charge in [-0.05, 0) is 99.9 Å². The molecule has 12 nitrogen and oxygen atoms in total. The number of carbonyl (C=O) groups excluding carboxylic acids is 2. The standard InChI is InChI=1S/C98H118N6O6S6/c1-9-13-17-21-25-29-33-37-41-45-51-97(52-46-42-38-34-30-26-22-18-14-10-2)75-61-81(91-79(107-7)59-67(111-91)57-71-83(77(63-99)101-5)73-65-103-55-49-69(73)85(71)105)113-89(75)93-87(109-97)95-96(115-93)88-94(116-95)90-76(98(110-88,53-47-43-39-35-31-27-23-19-15-11-3)54-48-44-40-36-32-28-24-20-16-12-4)62-82(114-90)92-80(108-8)60-68(112-92)58-72-84(78(64-100)102-6)74-66-104-56-50-70(74)86(72)106/h49-50,55-62,65-66H,9-48,51-54H2,1-4,7-8H3/b71-57-,72-58-,83-77-,84-78+. The molecule has 0 saturated carbocycles. The van der Waals surface area contributed by atoms with E-state index in [2.05, 4.69) is 71.6 Å². The Labute approximate surface area is 715 Å². The van der Waals surface area contributed by atoms with Crippen molar-refractivity contribution in [3.05, 3.63) is 150 Å². The lowest BCUT2D eigenvalue weighted by molar-refractivity contribution is 0.0406. The van der Waals surface area contributed by atoms with Crippen LogP contribution in [0.4, 0.5) is 0 Å². The van der Waals surface area contributed by atoms with Crippen LogP contribution in [0, 0.1) is 35.8 Å². The van der Waals surface area contributed by atoms with Gasteiger partial charge in [0.25, 0.3) is 11.4 Å². The highest BCUT2D eigenvalue weighted by Gasteiger charge is 2.49. The van der Waals surface area contributed by atoms with Gasteiger partial charge < -0.3 is 18.9 Å². The zero-order chi connectivity index (χ0) is 81.2. The second-order valence-electron chi connectivity index (χ2n) is 32.4. The highest BCUT2D eigenvalue weighted by atomic mass is 32.1. The molecule has 0 N–H and O–H groups in total. The topological polar surface area (TPSA) is 153 Å². The number of hydrogen-bond donors (Lipinski definition) is 0. The van der Waals surface area contributed by atoms with Crippen LogP contribution in [-0.2, 0) is 11.2 Å². The average Bonchev–Trinajstić information content (AvgIpc) is 1.53. The van der Waals surface area contributed by atoms with Crippen LogP contribution < -0.4 is 18.9 Å². The molecule has 0 saturated heterocycles. The fraction of sp³-hybridized carbons (Fsp3) is 0.531. The first-order chi connectivity index (χ1) is 57.0. The predicted molar refractivity (Wildman–Crippen MR) is 488 cm³/mol. The predicted octanol–water partition coefficient (Wildman–Crippen LogP) is 32.0. The third-order valence-electron chi connectivity index (χ3n) is 24.1. The maximum Gasteiger partial charge on any atom is 0.270 e. The molecule has 18 heteroatoms. The molecular formula is C98H118N6O6S6. The quantitative estimate of drug-likeness (QED) is 0.0156. The van der Waals surface area contributed by atoms with E-state index in [1.165, 1.54) is 226 Å². The van der Waals surface area contributed by atoms with Gasteiger partial charge in [0.15, 0.2) is 23.1 Å². The van der Waals surface area contributed by atoms with Crippen LogP contribution in [0.1, 0.15) is 363 Å². The Hall–Kier alpha value is -7.78. The van der Waals surface area contributed by atoms with Gasteiger partial charge in [-0.15, -0.1) is 68.0 Å². The van der Waals surface area contributed by atoms with Crippen LogP contribution in [0.5, 0.6) is 23.0 Å². The molecule has 612 valence electrons. The lowest BCUT2D eigenvalue weighted by Crippen LogP contribution is -2.35. The van der Waals surface area contributed by atoms with E-state index in [0.29, 0.717) is 56.0 Å². The molecule has 0 atom stereocenters. The number of thiophene rings is 6. The number of aromatic nitrogens is 2. The van der Waals surface area contributed by atoms with Crippen LogP contribution in [-0.4, -0.2) is 35.8 Å². The number of allylic oxidation sites excluding steroid dienone is 6. The van der Waals surface area contributed by atoms with Crippen molar-refractivity contribution in [2.24, 2.45) is 0 Å². The van der Waals surface area contributed by atoms with Crippen LogP contribution in [0.15, 0.2) is 83.7 Å². The second-order valence-corrected chi connectivity index (χ2v) is 38.7. The number of pyridine rings is 2. The van der Waals surface area contributed by atoms with Crippen LogP contribution in [0.25, 0.3) is 81.4 Å². The Kier molecular flexibility index (Phi) is 33.0. The number of hydrogen-bond acceptors (Lipinski definition) is 16. The molecule has 2 aliphatic carbocycles. The highest BCUT2D eigenvalue weighted by Crippen LogP contribution is 2.68. The first-order valence-corrected chi connectivity index (χ1v) is 49.0. The minimum absolute atomic E-state index is 0.142. The molecule has 116 heavy (non-hydrogen) atoms. The SMILES string of the molecule is [C-]#[N+]/C(C#N)=C1\C(=C\c2cc(OC)c(-c3cc4c(s3)-c3sc5c6c(sc5c3OC4(CCCCCCCCCCCC)CCCCCCCCCCCC)-c3sc(-c4sc(/C=C5\C(=O)c7ccncc7\C5=C(\C#N)[N+]#[C-])cc4OC)cc3C(CCCCCCCCCCCC)(CCCCCCCCCCCC)O6)s2)C(=O)c2ccncc21. The number of carbonyl (C=O) groups is 2. The summed E-state index contributed by atoms with van der Waals surface area (Å²) >= 11 is 10.4. The molecular weight excluding hydrogens is 1550 g/mol. The number of nitrogens with zero attached hydrogens (tertiary/aromatic N) is 6. The average molecular weight is 1670 g/mol. The zero-order valence-corrected chi connectivity index (χ0v) is 74.5. The van der Waals surface area contributed by atoms with Gasteiger partial charge in [0, 0.05) is 100.0 Å². The number of unbranched alkanes of at least 4 members (excludes halogenated alkanes) is 36. The molecule has 0 unspecified atom stereocenters. The number of ether oxygens (including phenoxy) is 4. The summed E-state index contributed by atoms with van der Waals surface area (Å²) in [6.45, 7) is 25.2. The minimum atomic E-state index is -0.639. The normalized spacial score (nSPS) is 15.6.